The van der Waals surface area contributed by atoms with Crippen molar-refractivity contribution in [3.8, 4) is 0 Å². The van der Waals surface area contributed by atoms with Crippen molar-refractivity contribution in [2.75, 3.05) is 13.1 Å². The lowest BCUT2D eigenvalue weighted by Crippen LogP contribution is -2.31. The Morgan fingerprint density at radius 3 is 2.59 bits per heavy atom. The number of rotatable bonds is 5. The number of nitrogens with zero attached hydrogens (tertiary/aromatic N) is 3. The van der Waals surface area contributed by atoms with E-state index in [-0.39, 0.29) is 5.91 Å². The zero-order chi connectivity index (χ0) is 16.4. The highest BCUT2D eigenvalue weighted by molar-refractivity contribution is 5.81. The van der Waals surface area contributed by atoms with Crippen LogP contribution < -0.4 is 0 Å². The molecule has 1 aliphatic heterocycles. The maximum absolute atomic E-state index is 12.4. The van der Waals surface area contributed by atoms with E-state index in [0.29, 0.717) is 31.8 Å². The molecule has 1 aliphatic rings. The van der Waals surface area contributed by atoms with Gasteiger partial charge in [0.15, 0.2) is 0 Å². The van der Waals surface area contributed by atoms with Crippen molar-refractivity contribution >= 4 is 11.9 Å². The fourth-order valence-electron chi connectivity index (χ4n) is 2.96. The molecule has 0 bridgehead atoms. The van der Waals surface area contributed by atoms with Crippen LogP contribution in [-0.2, 0) is 22.6 Å². The molecule has 0 aromatic carbocycles. The Morgan fingerprint density at radius 2 is 2.05 bits per heavy atom. The third-order valence-electron chi connectivity index (χ3n) is 4.29. The molecule has 2 rings (SSSR count). The third-order valence-corrected chi connectivity index (χ3v) is 4.29. The van der Waals surface area contributed by atoms with Gasteiger partial charge in [0.1, 0.15) is 0 Å². The van der Waals surface area contributed by atoms with Crippen LogP contribution >= 0.6 is 0 Å². The number of carbonyl (C=O) groups is 2. The number of carbonyl (C=O) groups excluding carboxylic acids is 1. The van der Waals surface area contributed by atoms with Crippen LogP contribution in [0.5, 0.6) is 0 Å². The summed E-state index contributed by atoms with van der Waals surface area (Å²) in [5, 5.41) is 13.6. The van der Waals surface area contributed by atoms with Crippen molar-refractivity contribution < 1.29 is 14.7 Å². The molecule has 0 aliphatic carbocycles. The Bertz CT molecular complexity index is 577. The van der Waals surface area contributed by atoms with E-state index in [2.05, 4.69) is 18.9 Å². The first-order valence-corrected chi connectivity index (χ1v) is 7.83. The number of aromatic nitrogens is 2. The minimum atomic E-state index is -0.813. The fraction of sp³-hybridized carbons (Fsp3) is 0.688. The zero-order valence-electron chi connectivity index (χ0n) is 13.8. The van der Waals surface area contributed by atoms with E-state index in [1.807, 2.05) is 18.5 Å². The summed E-state index contributed by atoms with van der Waals surface area (Å²) < 4.78 is 1.96. The number of hydrogen-bond donors (Lipinski definition) is 1. The topological polar surface area (TPSA) is 75.4 Å². The summed E-state index contributed by atoms with van der Waals surface area (Å²) in [5.74, 6) is -0.738. The van der Waals surface area contributed by atoms with Gasteiger partial charge < -0.3 is 10.0 Å². The van der Waals surface area contributed by atoms with Crippen molar-refractivity contribution in [3.63, 3.8) is 0 Å². The van der Waals surface area contributed by atoms with Crippen molar-refractivity contribution in [2.45, 2.75) is 47.1 Å². The van der Waals surface area contributed by atoms with Gasteiger partial charge in [0.2, 0.25) is 5.91 Å². The van der Waals surface area contributed by atoms with E-state index in [9.17, 15) is 9.59 Å². The molecule has 6 nitrogen and oxygen atoms in total. The highest BCUT2D eigenvalue weighted by Crippen LogP contribution is 2.20. The summed E-state index contributed by atoms with van der Waals surface area (Å²) in [7, 11) is 0. The lowest BCUT2D eigenvalue weighted by atomic mass is 10.1. The maximum atomic E-state index is 12.4. The van der Waals surface area contributed by atoms with Crippen LogP contribution in [0, 0.1) is 25.7 Å². The van der Waals surface area contributed by atoms with Crippen LogP contribution in [0.15, 0.2) is 0 Å². The monoisotopic (exact) mass is 307 g/mol. The minimum Gasteiger partial charge on any atom is -0.481 e. The van der Waals surface area contributed by atoms with Gasteiger partial charge in [-0.2, -0.15) is 5.10 Å². The quantitative estimate of drug-likeness (QED) is 0.897. The van der Waals surface area contributed by atoms with E-state index in [1.54, 1.807) is 4.90 Å². The highest BCUT2D eigenvalue weighted by atomic mass is 16.4. The normalized spacial score (nSPS) is 18.2. The Labute approximate surface area is 131 Å². The molecule has 6 heteroatoms. The summed E-state index contributed by atoms with van der Waals surface area (Å²) in [4.78, 5) is 25.1. The molecular weight excluding hydrogens is 282 g/mol. The second-order valence-corrected chi connectivity index (χ2v) is 6.57. The molecule has 1 aromatic heterocycles. The van der Waals surface area contributed by atoms with Crippen LogP contribution in [-0.4, -0.2) is 44.8 Å². The number of hydrogen-bond acceptors (Lipinski definition) is 3. The molecule has 2 heterocycles. The van der Waals surface area contributed by atoms with Crippen LogP contribution in [0.1, 0.15) is 37.2 Å². The van der Waals surface area contributed by atoms with E-state index < -0.39 is 11.9 Å². The number of aryl methyl sites for hydroxylation is 1. The molecule has 1 saturated heterocycles. The van der Waals surface area contributed by atoms with Crippen molar-refractivity contribution in [3.05, 3.63) is 17.0 Å². The molecule has 0 radical (unpaired) electrons. The predicted octanol–water partition coefficient (Wildman–Crippen LogP) is 1.63. The highest BCUT2D eigenvalue weighted by Gasteiger charge is 2.31. The molecule has 0 spiro atoms. The molecule has 1 amide bonds. The molecule has 122 valence electrons. The summed E-state index contributed by atoms with van der Waals surface area (Å²) in [5.41, 5.74) is 2.90. The number of carboxylic acid groups (broad SMARTS) is 1. The molecule has 1 fully saturated rings. The minimum absolute atomic E-state index is 0.000882. The van der Waals surface area contributed by atoms with E-state index in [1.165, 1.54) is 0 Å². The Kier molecular flexibility index (Phi) is 4.88. The van der Waals surface area contributed by atoms with Gasteiger partial charge in [0.05, 0.1) is 18.0 Å². The van der Waals surface area contributed by atoms with Gasteiger partial charge in [-0.15, -0.1) is 0 Å². The first kappa shape index (κ1) is 16.5. The first-order valence-electron chi connectivity index (χ1n) is 7.83. The van der Waals surface area contributed by atoms with E-state index >= 15 is 0 Å². The fourth-order valence-corrected chi connectivity index (χ4v) is 2.96. The molecule has 22 heavy (non-hydrogen) atoms. The van der Waals surface area contributed by atoms with Crippen LogP contribution in [0.2, 0.25) is 0 Å². The molecule has 1 unspecified atom stereocenters. The molecular formula is C16H25N3O3. The van der Waals surface area contributed by atoms with Gasteiger partial charge in [0.25, 0.3) is 0 Å². The summed E-state index contributed by atoms with van der Waals surface area (Å²) in [6.45, 7) is 9.90. The third kappa shape index (κ3) is 3.48. The number of aliphatic carboxylic acids is 1. The van der Waals surface area contributed by atoms with Gasteiger partial charge >= 0.3 is 5.97 Å². The van der Waals surface area contributed by atoms with Gasteiger partial charge in [-0.3, -0.25) is 14.3 Å². The number of carboxylic acids is 1. The zero-order valence-corrected chi connectivity index (χ0v) is 13.8. The van der Waals surface area contributed by atoms with E-state index in [4.69, 9.17) is 5.11 Å². The van der Waals surface area contributed by atoms with Gasteiger partial charge in [-0.1, -0.05) is 13.8 Å². The lowest BCUT2D eigenvalue weighted by Gasteiger charge is -2.16. The Hall–Kier alpha value is -1.85. The summed E-state index contributed by atoms with van der Waals surface area (Å²) in [6, 6.07) is 0. The Morgan fingerprint density at radius 1 is 1.36 bits per heavy atom. The second kappa shape index (κ2) is 6.50. The summed E-state index contributed by atoms with van der Waals surface area (Å²) >= 11 is 0. The SMILES string of the molecule is Cc1nn(CC(C)C)c(C)c1CC(=O)N1CCC(C(=O)O)C1. The van der Waals surface area contributed by atoms with Crippen LogP contribution in [0.3, 0.4) is 0 Å². The van der Waals surface area contributed by atoms with Crippen molar-refractivity contribution in [2.24, 2.45) is 11.8 Å². The smallest absolute Gasteiger partial charge is 0.308 e. The van der Waals surface area contributed by atoms with Crippen molar-refractivity contribution in [1.29, 1.82) is 0 Å². The van der Waals surface area contributed by atoms with Gasteiger partial charge in [-0.25, -0.2) is 0 Å². The van der Waals surface area contributed by atoms with E-state index in [0.717, 1.165) is 23.5 Å². The average molecular weight is 307 g/mol. The number of likely N-dealkylation sites (tertiary alicyclic amines) is 1. The summed E-state index contributed by atoms with van der Waals surface area (Å²) in [6.07, 6.45) is 0.855. The number of amides is 1. The first-order chi connectivity index (χ1) is 10.3. The second-order valence-electron chi connectivity index (χ2n) is 6.57. The lowest BCUT2D eigenvalue weighted by molar-refractivity contribution is -0.141. The molecule has 1 atom stereocenters. The standard InChI is InChI=1S/C16H25N3O3/c1-10(2)8-19-12(4)14(11(3)17-19)7-15(20)18-6-5-13(9-18)16(21)22/h10,13H,5-9H2,1-4H3,(H,21,22). The molecule has 1 N–H and O–H groups in total. The maximum Gasteiger partial charge on any atom is 0.308 e. The molecule has 1 aromatic rings. The van der Waals surface area contributed by atoms with Gasteiger partial charge in [-0.05, 0) is 26.2 Å². The predicted molar refractivity (Wildman–Crippen MR) is 82.6 cm³/mol. The van der Waals surface area contributed by atoms with Crippen LogP contribution in [0.25, 0.3) is 0 Å². The Balaban J connectivity index is 2.06. The average Bonchev–Trinajstić information content (AvgIpc) is 3.00. The largest absolute Gasteiger partial charge is 0.481 e. The van der Waals surface area contributed by atoms with Gasteiger partial charge in [0, 0.05) is 30.9 Å². The van der Waals surface area contributed by atoms with Crippen molar-refractivity contribution in [1.82, 2.24) is 14.7 Å². The van der Waals surface area contributed by atoms with Crippen LogP contribution in [0.4, 0.5) is 0 Å². The molecule has 0 saturated carbocycles.